The average Bonchev–Trinajstić information content (AvgIpc) is 2.61. The van der Waals surface area contributed by atoms with Gasteiger partial charge in [0.25, 0.3) is 0 Å². The smallest absolute Gasteiger partial charge is 0.317 e. The van der Waals surface area contributed by atoms with Crippen LogP contribution in [0.25, 0.3) is 0 Å². The summed E-state index contributed by atoms with van der Waals surface area (Å²) < 4.78 is 5.28. The van der Waals surface area contributed by atoms with Crippen molar-refractivity contribution in [3.63, 3.8) is 0 Å². The van der Waals surface area contributed by atoms with Gasteiger partial charge < -0.3 is 19.9 Å². The second-order valence-electron chi connectivity index (χ2n) is 6.89. The van der Waals surface area contributed by atoms with E-state index in [9.17, 15) is 4.79 Å². The summed E-state index contributed by atoms with van der Waals surface area (Å²) in [6.45, 7) is 5.27. The maximum atomic E-state index is 12.5. The first-order chi connectivity index (χ1) is 11.6. The van der Waals surface area contributed by atoms with Crippen molar-refractivity contribution in [1.29, 1.82) is 0 Å². The standard InChI is InChI=1S/C18H28N4O2/c1-20-8-9-21(2)16(13-20)11-19-18(23)22-7-6-14-10-17(24-3)5-4-15(14)12-22/h4-5,10,16H,6-9,11-13H2,1-3H3,(H,19,23)/t16-/m0/s1. The second-order valence-corrected chi connectivity index (χ2v) is 6.89. The quantitative estimate of drug-likeness (QED) is 0.897. The molecular weight excluding hydrogens is 304 g/mol. The maximum Gasteiger partial charge on any atom is 0.317 e. The number of hydrogen-bond acceptors (Lipinski definition) is 4. The minimum Gasteiger partial charge on any atom is -0.497 e. The number of likely N-dealkylation sites (N-methyl/N-ethyl adjacent to an activating group) is 2. The molecule has 0 spiro atoms. The molecular formula is C18H28N4O2. The third-order valence-electron chi connectivity index (χ3n) is 5.18. The Hall–Kier alpha value is -1.79. The van der Waals surface area contributed by atoms with Crippen LogP contribution < -0.4 is 10.1 Å². The van der Waals surface area contributed by atoms with Crippen LogP contribution in [-0.2, 0) is 13.0 Å². The molecule has 24 heavy (non-hydrogen) atoms. The number of methoxy groups -OCH3 is 1. The molecule has 1 fully saturated rings. The van der Waals surface area contributed by atoms with Crippen LogP contribution in [0.15, 0.2) is 18.2 Å². The number of nitrogens with one attached hydrogen (secondary N) is 1. The number of nitrogens with zero attached hydrogens (tertiary/aromatic N) is 3. The first-order valence-electron chi connectivity index (χ1n) is 8.64. The van der Waals surface area contributed by atoms with E-state index in [2.05, 4.69) is 41.3 Å². The normalized spacial score (nSPS) is 22.1. The second kappa shape index (κ2) is 7.40. The molecule has 0 aliphatic carbocycles. The number of ether oxygens (including phenoxy) is 1. The van der Waals surface area contributed by atoms with Gasteiger partial charge in [-0.15, -0.1) is 0 Å². The lowest BCUT2D eigenvalue weighted by molar-refractivity contribution is 0.112. The maximum absolute atomic E-state index is 12.5. The third kappa shape index (κ3) is 3.82. The molecule has 0 bridgehead atoms. The molecule has 6 nitrogen and oxygen atoms in total. The summed E-state index contributed by atoms with van der Waals surface area (Å²) in [5, 5.41) is 3.12. The molecule has 0 aromatic heterocycles. The van der Waals surface area contributed by atoms with Crippen molar-refractivity contribution in [2.75, 3.05) is 53.9 Å². The molecule has 6 heteroatoms. The number of benzene rings is 1. The summed E-state index contributed by atoms with van der Waals surface area (Å²) in [7, 11) is 5.95. The molecule has 1 atom stereocenters. The first-order valence-corrected chi connectivity index (χ1v) is 8.64. The average molecular weight is 332 g/mol. The number of piperazine rings is 1. The predicted octanol–water partition coefficient (Wildman–Crippen LogP) is 1.01. The van der Waals surface area contributed by atoms with E-state index < -0.39 is 0 Å². The van der Waals surface area contributed by atoms with Crippen molar-refractivity contribution in [1.82, 2.24) is 20.0 Å². The summed E-state index contributed by atoms with van der Waals surface area (Å²) in [6.07, 6.45) is 0.881. The molecule has 1 aromatic rings. The Morgan fingerprint density at radius 3 is 2.88 bits per heavy atom. The van der Waals surface area contributed by atoms with E-state index >= 15 is 0 Å². The predicted molar refractivity (Wildman–Crippen MR) is 94.4 cm³/mol. The van der Waals surface area contributed by atoms with Crippen molar-refractivity contribution < 1.29 is 9.53 Å². The minimum atomic E-state index is 0.0399. The zero-order chi connectivity index (χ0) is 17.1. The van der Waals surface area contributed by atoms with Crippen LogP contribution in [0.3, 0.4) is 0 Å². The monoisotopic (exact) mass is 332 g/mol. The number of hydrogen-bond donors (Lipinski definition) is 1. The minimum absolute atomic E-state index is 0.0399. The van der Waals surface area contributed by atoms with Crippen LogP contribution in [0.4, 0.5) is 4.79 Å². The third-order valence-corrected chi connectivity index (χ3v) is 5.18. The van der Waals surface area contributed by atoms with Gasteiger partial charge >= 0.3 is 6.03 Å². The lowest BCUT2D eigenvalue weighted by Gasteiger charge is -2.38. The first kappa shape index (κ1) is 17.0. The summed E-state index contributed by atoms with van der Waals surface area (Å²) in [6, 6.07) is 6.54. The highest BCUT2D eigenvalue weighted by molar-refractivity contribution is 5.74. The van der Waals surface area contributed by atoms with Gasteiger partial charge in [-0.2, -0.15) is 0 Å². The van der Waals surface area contributed by atoms with E-state index in [1.165, 1.54) is 11.1 Å². The molecule has 1 aromatic carbocycles. The molecule has 132 valence electrons. The Bertz CT molecular complexity index is 592. The van der Waals surface area contributed by atoms with Crippen molar-refractivity contribution in [3.8, 4) is 5.75 Å². The van der Waals surface area contributed by atoms with Crippen LogP contribution in [0.2, 0.25) is 0 Å². The van der Waals surface area contributed by atoms with Gasteiger partial charge in [0.1, 0.15) is 5.75 Å². The van der Waals surface area contributed by atoms with Gasteiger partial charge in [0.2, 0.25) is 0 Å². The SMILES string of the molecule is COc1ccc2c(c1)CCN(C(=O)NC[C@H]1CN(C)CCN1C)C2. The summed E-state index contributed by atoms with van der Waals surface area (Å²) >= 11 is 0. The molecule has 1 N–H and O–H groups in total. The Kier molecular flexibility index (Phi) is 5.26. The van der Waals surface area contributed by atoms with E-state index in [0.29, 0.717) is 19.1 Å². The van der Waals surface area contributed by atoms with Gasteiger partial charge in [-0.3, -0.25) is 4.90 Å². The van der Waals surface area contributed by atoms with Gasteiger partial charge in [-0.05, 0) is 43.8 Å². The zero-order valence-corrected chi connectivity index (χ0v) is 14.9. The number of fused-ring (bicyclic) bond motifs is 1. The summed E-state index contributed by atoms with van der Waals surface area (Å²) in [5.74, 6) is 0.885. The van der Waals surface area contributed by atoms with Crippen molar-refractivity contribution >= 4 is 6.03 Å². The molecule has 2 heterocycles. The molecule has 0 radical (unpaired) electrons. The number of urea groups is 1. The van der Waals surface area contributed by atoms with E-state index in [1.807, 2.05) is 11.0 Å². The molecule has 2 aliphatic heterocycles. The Labute approximate surface area is 144 Å². The summed E-state index contributed by atoms with van der Waals surface area (Å²) in [5.41, 5.74) is 2.50. The van der Waals surface area contributed by atoms with Crippen molar-refractivity contribution in [2.45, 2.75) is 19.0 Å². The molecule has 0 unspecified atom stereocenters. The van der Waals surface area contributed by atoms with Gasteiger partial charge in [-0.1, -0.05) is 6.07 Å². The molecule has 2 amide bonds. The van der Waals surface area contributed by atoms with Gasteiger partial charge in [0, 0.05) is 45.3 Å². The van der Waals surface area contributed by atoms with Crippen LogP contribution in [0.1, 0.15) is 11.1 Å². The lowest BCUT2D eigenvalue weighted by atomic mass is 10.00. The Morgan fingerprint density at radius 2 is 2.08 bits per heavy atom. The van der Waals surface area contributed by atoms with Gasteiger partial charge in [0.15, 0.2) is 0 Å². The highest BCUT2D eigenvalue weighted by Crippen LogP contribution is 2.23. The lowest BCUT2D eigenvalue weighted by Crippen LogP contribution is -2.55. The summed E-state index contributed by atoms with van der Waals surface area (Å²) in [4.78, 5) is 19.1. The van der Waals surface area contributed by atoms with Crippen molar-refractivity contribution in [3.05, 3.63) is 29.3 Å². The number of carbonyl (C=O) groups excluding carboxylic acids is 1. The van der Waals surface area contributed by atoms with E-state index in [4.69, 9.17) is 4.74 Å². The molecule has 3 rings (SSSR count). The van der Waals surface area contributed by atoms with Crippen LogP contribution >= 0.6 is 0 Å². The molecule has 1 saturated heterocycles. The fourth-order valence-corrected chi connectivity index (χ4v) is 3.47. The van der Waals surface area contributed by atoms with Crippen LogP contribution in [0, 0.1) is 0 Å². The van der Waals surface area contributed by atoms with Crippen molar-refractivity contribution in [2.24, 2.45) is 0 Å². The Balaban J connectivity index is 1.54. The van der Waals surface area contributed by atoms with Gasteiger partial charge in [-0.25, -0.2) is 4.79 Å². The van der Waals surface area contributed by atoms with Gasteiger partial charge in [0.05, 0.1) is 7.11 Å². The zero-order valence-electron chi connectivity index (χ0n) is 14.9. The molecule has 2 aliphatic rings. The van der Waals surface area contributed by atoms with E-state index in [-0.39, 0.29) is 6.03 Å². The van der Waals surface area contributed by atoms with Crippen LogP contribution in [0.5, 0.6) is 5.75 Å². The van der Waals surface area contributed by atoms with E-state index in [0.717, 1.165) is 38.3 Å². The fourth-order valence-electron chi connectivity index (χ4n) is 3.47. The number of rotatable bonds is 3. The highest BCUT2D eigenvalue weighted by Gasteiger charge is 2.25. The largest absolute Gasteiger partial charge is 0.497 e. The number of carbonyl (C=O) groups is 1. The highest BCUT2D eigenvalue weighted by atomic mass is 16.5. The topological polar surface area (TPSA) is 48.1 Å². The van der Waals surface area contributed by atoms with E-state index in [1.54, 1.807) is 7.11 Å². The fraction of sp³-hybridized carbons (Fsp3) is 0.611. The molecule has 0 saturated carbocycles. The number of amides is 2. The van der Waals surface area contributed by atoms with Crippen LogP contribution in [-0.4, -0.2) is 80.7 Å². The Morgan fingerprint density at radius 1 is 1.25 bits per heavy atom.